The van der Waals surface area contributed by atoms with Crippen LogP contribution in [0.25, 0.3) is 27.5 Å². The Labute approximate surface area is 264 Å². The van der Waals surface area contributed by atoms with Crippen molar-refractivity contribution >= 4 is 33.4 Å². The molecule has 0 saturated carbocycles. The fourth-order valence-corrected chi connectivity index (χ4v) is 7.84. The smallest absolute Gasteiger partial charge is 0.135 e. The lowest BCUT2D eigenvalue weighted by Gasteiger charge is -2.29. The lowest BCUT2D eigenvalue weighted by Crippen LogP contribution is -2.21. The molecule has 1 aliphatic heterocycles. The molecule has 0 N–H and O–H groups in total. The Hall–Kier alpha value is -5.34. The monoisotopic (exact) mass is 579 g/mol. The topological polar surface area (TPSA) is 12.5 Å². The van der Waals surface area contributed by atoms with E-state index in [1.807, 2.05) is 0 Å². The van der Waals surface area contributed by atoms with Crippen molar-refractivity contribution in [2.45, 2.75) is 31.3 Å². The largest absolute Gasteiger partial charge is 0.484 e. The van der Waals surface area contributed by atoms with Crippen molar-refractivity contribution in [2.24, 2.45) is 0 Å². The molecule has 6 aromatic rings. The van der Waals surface area contributed by atoms with Crippen molar-refractivity contribution < 1.29 is 4.74 Å². The number of benzene rings is 6. The third kappa shape index (κ3) is 3.88. The van der Waals surface area contributed by atoms with Crippen LogP contribution < -0.4 is 9.64 Å². The second-order valence-electron chi connectivity index (χ2n) is 12.9. The van der Waals surface area contributed by atoms with E-state index in [1.54, 1.807) is 0 Å². The minimum absolute atomic E-state index is 0.0597. The Bertz CT molecular complexity index is 2170. The van der Waals surface area contributed by atoms with Gasteiger partial charge in [0, 0.05) is 44.6 Å². The average molecular weight is 580 g/mol. The molecule has 0 bridgehead atoms. The van der Waals surface area contributed by atoms with E-state index >= 15 is 0 Å². The minimum Gasteiger partial charge on any atom is -0.484 e. The maximum absolute atomic E-state index is 6.92. The van der Waals surface area contributed by atoms with Crippen LogP contribution in [0.1, 0.15) is 42.0 Å². The second-order valence-corrected chi connectivity index (χ2v) is 12.9. The van der Waals surface area contributed by atoms with Gasteiger partial charge in [-0.2, -0.15) is 0 Å². The van der Waals surface area contributed by atoms with Crippen LogP contribution in [0, 0.1) is 0 Å². The van der Waals surface area contributed by atoms with Gasteiger partial charge in [0.15, 0.2) is 0 Å². The van der Waals surface area contributed by atoms with Gasteiger partial charge in [0.2, 0.25) is 0 Å². The van der Waals surface area contributed by atoms with Gasteiger partial charge in [-0.1, -0.05) is 135 Å². The standard InChI is InChI=1S/C43H33NO/c1-43(2)38-23-12-11-18-32(38)33-25-24-30(26-39(33)43)44(29-16-7-4-8-17-29)40-27-37-36-22-13-21-31(28-14-5-3-6-15-28)41(36)45-42(37)35-20-10-9-19-34(35)40/h3-27,36,41H,1-2H3. The number of anilines is 3. The Morgan fingerprint density at radius 2 is 1.31 bits per heavy atom. The predicted molar refractivity (Wildman–Crippen MR) is 187 cm³/mol. The van der Waals surface area contributed by atoms with Gasteiger partial charge in [-0.3, -0.25) is 0 Å². The summed E-state index contributed by atoms with van der Waals surface area (Å²) in [6.45, 7) is 4.70. The van der Waals surface area contributed by atoms with Crippen LogP contribution >= 0.6 is 0 Å². The van der Waals surface area contributed by atoms with Crippen LogP contribution in [-0.2, 0) is 5.41 Å². The molecule has 0 saturated heterocycles. The van der Waals surface area contributed by atoms with Crippen LogP contribution in [-0.4, -0.2) is 6.10 Å². The summed E-state index contributed by atoms with van der Waals surface area (Å²) in [4.78, 5) is 2.44. The zero-order valence-electron chi connectivity index (χ0n) is 25.4. The fraction of sp³-hybridized carbons (Fsp3) is 0.116. The molecular weight excluding hydrogens is 546 g/mol. The van der Waals surface area contributed by atoms with Crippen molar-refractivity contribution in [3.8, 4) is 16.9 Å². The van der Waals surface area contributed by atoms with Crippen LogP contribution in [0.5, 0.6) is 5.75 Å². The molecule has 1 heterocycles. The van der Waals surface area contributed by atoms with E-state index in [0.717, 1.165) is 28.2 Å². The van der Waals surface area contributed by atoms with E-state index in [4.69, 9.17) is 4.74 Å². The van der Waals surface area contributed by atoms with E-state index < -0.39 is 0 Å². The van der Waals surface area contributed by atoms with E-state index in [-0.39, 0.29) is 17.4 Å². The summed E-state index contributed by atoms with van der Waals surface area (Å²) in [5.41, 5.74) is 12.5. The van der Waals surface area contributed by atoms with Crippen LogP contribution in [0.2, 0.25) is 0 Å². The van der Waals surface area contributed by atoms with Gasteiger partial charge in [-0.25, -0.2) is 0 Å². The van der Waals surface area contributed by atoms with Gasteiger partial charge in [-0.15, -0.1) is 0 Å². The summed E-state index contributed by atoms with van der Waals surface area (Å²) in [6.07, 6.45) is 6.66. The van der Waals surface area contributed by atoms with Crippen molar-refractivity contribution in [2.75, 3.05) is 4.90 Å². The molecule has 0 radical (unpaired) electrons. The van der Waals surface area contributed by atoms with Crippen LogP contribution in [0.15, 0.2) is 152 Å². The molecule has 6 aromatic carbocycles. The van der Waals surface area contributed by atoms with Crippen molar-refractivity contribution in [1.29, 1.82) is 0 Å². The summed E-state index contributed by atoms with van der Waals surface area (Å²) in [5.74, 6) is 1.13. The van der Waals surface area contributed by atoms with Crippen LogP contribution in [0.3, 0.4) is 0 Å². The van der Waals surface area contributed by atoms with E-state index in [1.165, 1.54) is 44.3 Å². The number of fused-ring (bicyclic) bond motifs is 8. The zero-order valence-corrected chi connectivity index (χ0v) is 25.4. The minimum atomic E-state index is -0.0849. The first kappa shape index (κ1) is 26.1. The molecule has 2 aliphatic carbocycles. The van der Waals surface area contributed by atoms with Gasteiger partial charge in [0.05, 0.1) is 5.69 Å². The fourth-order valence-electron chi connectivity index (χ4n) is 7.84. The Balaban J connectivity index is 1.24. The molecule has 3 aliphatic rings. The summed E-state index contributed by atoms with van der Waals surface area (Å²) in [6, 6.07) is 48.4. The Kier molecular flexibility index (Phi) is 5.70. The number of hydrogen-bond acceptors (Lipinski definition) is 2. The quantitative estimate of drug-likeness (QED) is 0.206. The molecule has 0 fully saturated rings. The first-order chi connectivity index (χ1) is 22.1. The summed E-state index contributed by atoms with van der Waals surface area (Å²) >= 11 is 0. The van der Waals surface area contributed by atoms with Gasteiger partial charge in [0.25, 0.3) is 0 Å². The lowest BCUT2D eigenvalue weighted by molar-refractivity contribution is 0.281. The van der Waals surface area contributed by atoms with Gasteiger partial charge in [0.1, 0.15) is 11.9 Å². The molecule has 2 nitrogen and oxygen atoms in total. The van der Waals surface area contributed by atoms with Gasteiger partial charge >= 0.3 is 0 Å². The third-order valence-electron chi connectivity index (χ3n) is 10.0. The number of allylic oxidation sites excluding steroid dienone is 2. The van der Waals surface area contributed by atoms with E-state index in [0.29, 0.717) is 0 Å². The molecule has 0 spiro atoms. The Morgan fingerprint density at radius 1 is 0.622 bits per heavy atom. The SMILES string of the molecule is CC1(C)c2ccccc2-c2ccc(N(c3ccccc3)c3cc4c(c5ccccc35)OC3C(c5ccccc5)=CC=CC43)cc21. The van der Waals surface area contributed by atoms with E-state index in [9.17, 15) is 0 Å². The van der Waals surface area contributed by atoms with Crippen molar-refractivity contribution in [3.63, 3.8) is 0 Å². The summed E-state index contributed by atoms with van der Waals surface area (Å²) < 4.78 is 6.92. The number of ether oxygens (including phenoxy) is 1. The summed E-state index contributed by atoms with van der Waals surface area (Å²) in [7, 11) is 0. The second kappa shape index (κ2) is 9.84. The molecule has 9 rings (SSSR count). The zero-order chi connectivity index (χ0) is 30.1. The normalized spacial score (nSPS) is 18.4. The van der Waals surface area contributed by atoms with Crippen LogP contribution in [0.4, 0.5) is 17.1 Å². The highest BCUT2D eigenvalue weighted by Crippen LogP contribution is 2.54. The van der Waals surface area contributed by atoms with Gasteiger partial charge in [-0.05, 0) is 58.1 Å². The molecule has 2 unspecified atom stereocenters. The lowest BCUT2D eigenvalue weighted by atomic mass is 9.82. The Morgan fingerprint density at radius 3 is 2.13 bits per heavy atom. The van der Waals surface area contributed by atoms with Crippen molar-refractivity contribution in [3.05, 3.63) is 174 Å². The van der Waals surface area contributed by atoms with E-state index in [2.05, 4.69) is 170 Å². The number of nitrogens with zero attached hydrogens (tertiary/aromatic N) is 1. The highest BCUT2D eigenvalue weighted by atomic mass is 16.5. The number of para-hydroxylation sites is 1. The molecule has 45 heavy (non-hydrogen) atoms. The first-order valence-corrected chi connectivity index (χ1v) is 15.9. The third-order valence-corrected chi connectivity index (χ3v) is 10.0. The summed E-state index contributed by atoms with van der Waals surface area (Å²) in [5, 5.41) is 2.33. The highest BCUT2D eigenvalue weighted by molar-refractivity contribution is 6.04. The molecule has 2 atom stereocenters. The molecule has 216 valence electrons. The highest BCUT2D eigenvalue weighted by Gasteiger charge is 2.40. The molecule has 0 amide bonds. The number of hydrogen-bond donors (Lipinski definition) is 0. The maximum Gasteiger partial charge on any atom is 0.135 e. The maximum atomic E-state index is 6.92. The first-order valence-electron chi connectivity index (χ1n) is 15.9. The van der Waals surface area contributed by atoms with Gasteiger partial charge < -0.3 is 9.64 Å². The molecule has 0 aromatic heterocycles. The average Bonchev–Trinajstić information content (AvgIpc) is 3.58. The molecule has 2 heteroatoms. The molecular formula is C43H33NO. The predicted octanol–water partition coefficient (Wildman–Crippen LogP) is 11.1. The van der Waals surface area contributed by atoms with Crippen molar-refractivity contribution in [1.82, 2.24) is 0 Å². The number of rotatable bonds is 4.